The summed E-state index contributed by atoms with van der Waals surface area (Å²) in [5.41, 5.74) is 1.73. The summed E-state index contributed by atoms with van der Waals surface area (Å²) in [6.45, 7) is 5.04. The van der Waals surface area contributed by atoms with Crippen LogP contribution in [0.25, 0.3) is 5.95 Å². The predicted molar refractivity (Wildman–Crippen MR) is 94.9 cm³/mol. The van der Waals surface area contributed by atoms with Gasteiger partial charge in [-0.2, -0.15) is 5.10 Å². The summed E-state index contributed by atoms with van der Waals surface area (Å²) >= 11 is 0. The molecule has 8 heteroatoms. The summed E-state index contributed by atoms with van der Waals surface area (Å²) in [4.78, 5) is 29.2. The Morgan fingerprint density at radius 1 is 1.15 bits per heavy atom. The van der Waals surface area contributed by atoms with Gasteiger partial charge in [0.25, 0.3) is 5.56 Å². The number of hydrogen-bond acceptors (Lipinski definition) is 4. The zero-order valence-corrected chi connectivity index (χ0v) is 14.7. The first kappa shape index (κ1) is 17.5. The Hall–Kier alpha value is -3.29. The molecule has 0 saturated carbocycles. The quantitative estimate of drug-likeness (QED) is 0.777. The molecule has 0 atom stereocenters. The van der Waals surface area contributed by atoms with Gasteiger partial charge in [0.15, 0.2) is 0 Å². The molecule has 1 N–H and O–H groups in total. The first-order valence-electron chi connectivity index (χ1n) is 8.01. The number of carbonyl (C=O) groups excluding carboxylic acids is 1. The molecule has 2 aromatic heterocycles. The Balaban J connectivity index is 1.97. The first-order valence-corrected chi connectivity index (χ1v) is 8.01. The fraction of sp³-hybridized carbons (Fsp3) is 0.222. The van der Waals surface area contributed by atoms with Gasteiger partial charge in [0.2, 0.25) is 11.9 Å². The summed E-state index contributed by atoms with van der Waals surface area (Å²) in [6, 6.07) is 9.02. The number of amides is 1. The number of aromatic nitrogens is 4. The normalized spacial score (nSPS) is 10.8. The number of nitrogens with zero attached hydrogens (tertiary/aromatic N) is 4. The molecule has 0 spiro atoms. The third-order valence-corrected chi connectivity index (χ3v) is 3.76. The Morgan fingerprint density at radius 3 is 2.54 bits per heavy atom. The molecule has 1 amide bonds. The lowest BCUT2D eigenvalue weighted by molar-refractivity contribution is -0.116. The number of aryl methyl sites for hydroxylation is 3. The van der Waals surface area contributed by atoms with Crippen molar-refractivity contribution in [3.05, 3.63) is 69.7 Å². The summed E-state index contributed by atoms with van der Waals surface area (Å²) in [6.07, 6.45) is 0. The molecule has 0 aliphatic heterocycles. The SMILES string of the molecule is Cc1cc(=O)n(CC(=O)Nc2ccccc2F)c(-n2nc(C)cc2C)n1. The van der Waals surface area contributed by atoms with Crippen LogP contribution in [0.4, 0.5) is 10.1 Å². The molecular formula is C18H18FN5O2. The van der Waals surface area contributed by atoms with Gasteiger partial charge in [-0.1, -0.05) is 12.1 Å². The monoisotopic (exact) mass is 355 g/mol. The number of anilines is 1. The van der Waals surface area contributed by atoms with Gasteiger partial charge in [-0.05, 0) is 39.0 Å². The van der Waals surface area contributed by atoms with E-state index in [0.717, 1.165) is 11.4 Å². The van der Waals surface area contributed by atoms with Crippen molar-refractivity contribution in [1.82, 2.24) is 19.3 Å². The lowest BCUT2D eigenvalue weighted by Gasteiger charge is -2.14. The van der Waals surface area contributed by atoms with Gasteiger partial charge in [-0.25, -0.2) is 14.1 Å². The molecule has 1 aromatic carbocycles. The van der Waals surface area contributed by atoms with Gasteiger partial charge in [0, 0.05) is 17.5 Å². The first-order chi connectivity index (χ1) is 12.3. The molecule has 26 heavy (non-hydrogen) atoms. The third kappa shape index (κ3) is 3.53. The molecule has 0 fully saturated rings. The van der Waals surface area contributed by atoms with E-state index in [1.165, 1.54) is 33.5 Å². The molecule has 0 bridgehead atoms. The van der Waals surface area contributed by atoms with Gasteiger partial charge in [0.1, 0.15) is 12.4 Å². The Bertz CT molecular complexity index is 1040. The second-order valence-corrected chi connectivity index (χ2v) is 5.99. The number of rotatable bonds is 4. The van der Waals surface area contributed by atoms with E-state index in [4.69, 9.17) is 0 Å². The van der Waals surface area contributed by atoms with Crippen LogP contribution in [0.15, 0.2) is 41.2 Å². The van der Waals surface area contributed by atoms with Crippen molar-refractivity contribution in [2.24, 2.45) is 0 Å². The van der Waals surface area contributed by atoms with Crippen molar-refractivity contribution in [3.8, 4) is 5.95 Å². The largest absolute Gasteiger partial charge is 0.322 e. The molecule has 0 unspecified atom stereocenters. The lowest BCUT2D eigenvalue weighted by atomic mass is 10.3. The summed E-state index contributed by atoms with van der Waals surface area (Å²) < 4.78 is 16.4. The molecule has 7 nitrogen and oxygen atoms in total. The van der Waals surface area contributed by atoms with Crippen LogP contribution in [-0.4, -0.2) is 25.2 Å². The van der Waals surface area contributed by atoms with Gasteiger partial charge < -0.3 is 5.32 Å². The van der Waals surface area contributed by atoms with E-state index in [9.17, 15) is 14.0 Å². The highest BCUT2D eigenvalue weighted by atomic mass is 19.1. The van der Waals surface area contributed by atoms with Crippen LogP contribution in [0.5, 0.6) is 0 Å². The fourth-order valence-electron chi connectivity index (χ4n) is 2.64. The van der Waals surface area contributed by atoms with E-state index in [2.05, 4.69) is 15.4 Å². The molecule has 2 heterocycles. The standard InChI is InChI=1S/C18H18FN5O2/c1-11-9-17(26)23(18(20-11)24-13(3)8-12(2)22-24)10-16(25)21-15-7-5-4-6-14(15)19/h4-9H,10H2,1-3H3,(H,21,25). The number of carbonyl (C=O) groups is 1. The van der Waals surface area contributed by atoms with Gasteiger partial charge in [-0.3, -0.25) is 14.2 Å². The maximum Gasteiger partial charge on any atom is 0.255 e. The van der Waals surface area contributed by atoms with E-state index in [1.54, 1.807) is 13.0 Å². The van der Waals surface area contributed by atoms with Crippen LogP contribution < -0.4 is 10.9 Å². The van der Waals surface area contributed by atoms with Gasteiger partial charge in [-0.15, -0.1) is 0 Å². The maximum absolute atomic E-state index is 13.7. The number of halogens is 1. The van der Waals surface area contributed by atoms with Crippen molar-refractivity contribution in [2.45, 2.75) is 27.3 Å². The van der Waals surface area contributed by atoms with Crippen molar-refractivity contribution in [1.29, 1.82) is 0 Å². The summed E-state index contributed by atoms with van der Waals surface area (Å²) in [5.74, 6) is -0.844. The van der Waals surface area contributed by atoms with Gasteiger partial charge in [0.05, 0.1) is 11.4 Å². The molecule has 0 saturated heterocycles. The number of nitrogens with one attached hydrogen (secondary N) is 1. The zero-order chi connectivity index (χ0) is 18.8. The molecule has 0 radical (unpaired) electrons. The van der Waals surface area contributed by atoms with Crippen molar-refractivity contribution >= 4 is 11.6 Å². The van der Waals surface area contributed by atoms with Crippen LogP contribution in [-0.2, 0) is 11.3 Å². The molecule has 0 aliphatic carbocycles. The zero-order valence-electron chi connectivity index (χ0n) is 14.7. The average molecular weight is 355 g/mol. The van der Waals surface area contributed by atoms with E-state index < -0.39 is 11.7 Å². The number of hydrogen-bond donors (Lipinski definition) is 1. The van der Waals surface area contributed by atoms with Gasteiger partial charge >= 0.3 is 0 Å². The van der Waals surface area contributed by atoms with Crippen molar-refractivity contribution in [2.75, 3.05) is 5.32 Å². The smallest absolute Gasteiger partial charge is 0.255 e. The Morgan fingerprint density at radius 2 is 1.88 bits per heavy atom. The van der Waals surface area contributed by atoms with E-state index >= 15 is 0 Å². The fourth-order valence-corrected chi connectivity index (χ4v) is 2.64. The molecule has 3 rings (SSSR count). The number of benzene rings is 1. The summed E-state index contributed by atoms with van der Waals surface area (Å²) in [7, 11) is 0. The highest BCUT2D eigenvalue weighted by Crippen LogP contribution is 2.13. The van der Waals surface area contributed by atoms with Crippen LogP contribution >= 0.6 is 0 Å². The maximum atomic E-state index is 13.7. The molecule has 3 aromatic rings. The Kier molecular flexibility index (Phi) is 4.66. The topological polar surface area (TPSA) is 81.8 Å². The van der Waals surface area contributed by atoms with E-state index in [1.807, 2.05) is 19.9 Å². The van der Waals surface area contributed by atoms with Crippen LogP contribution in [0.3, 0.4) is 0 Å². The van der Waals surface area contributed by atoms with Crippen LogP contribution in [0.2, 0.25) is 0 Å². The molecule has 0 aliphatic rings. The minimum absolute atomic E-state index is 0.0540. The van der Waals surface area contributed by atoms with E-state index in [-0.39, 0.29) is 23.7 Å². The molecular weight excluding hydrogens is 337 g/mol. The highest BCUT2D eigenvalue weighted by Gasteiger charge is 2.16. The minimum Gasteiger partial charge on any atom is -0.322 e. The second kappa shape index (κ2) is 6.91. The third-order valence-electron chi connectivity index (χ3n) is 3.76. The van der Waals surface area contributed by atoms with E-state index in [0.29, 0.717) is 5.69 Å². The van der Waals surface area contributed by atoms with Crippen molar-refractivity contribution in [3.63, 3.8) is 0 Å². The van der Waals surface area contributed by atoms with Crippen LogP contribution in [0, 0.1) is 26.6 Å². The predicted octanol–water partition coefficient (Wildman–Crippen LogP) is 2.13. The van der Waals surface area contributed by atoms with Crippen molar-refractivity contribution < 1.29 is 9.18 Å². The van der Waals surface area contributed by atoms with Crippen LogP contribution in [0.1, 0.15) is 17.1 Å². The second-order valence-electron chi connectivity index (χ2n) is 5.99. The lowest BCUT2D eigenvalue weighted by Crippen LogP contribution is -2.32. The number of para-hydroxylation sites is 1. The molecule has 134 valence electrons. The average Bonchev–Trinajstić information content (AvgIpc) is 2.90. The Labute approximate surface area is 149 Å². The minimum atomic E-state index is -0.547. The highest BCUT2D eigenvalue weighted by molar-refractivity contribution is 5.90. The summed E-state index contributed by atoms with van der Waals surface area (Å²) in [5, 5.41) is 6.80.